The monoisotopic (exact) mass is 638 g/mol. The van der Waals surface area contributed by atoms with E-state index in [1.54, 1.807) is 10.7 Å². The summed E-state index contributed by atoms with van der Waals surface area (Å²) in [5.74, 6) is -1.59. The third-order valence-corrected chi connectivity index (χ3v) is 9.93. The van der Waals surface area contributed by atoms with Gasteiger partial charge >= 0.3 is 5.97 Å². The van der Waals surface area contributed by atoms with Gasteiger partial charge in [-0.25, -0.2) is 32.4 Å². The lowest BCUT2D eigenvalue weighted by Crippen LogP contribution is -2.24. The van der Waals surface area contributed by atoms with Crippen molar-refractivity contribution in [3.8, 4) is 5.13 Å². The third-order valence-electron chi connectivity index (χ3n) is 7.92. The van der Waals surface area contributed by atoms with Crippen LogP contribution in [0.2, 0.25) is 5.02 Å². The second-order valence-electron chi connectivity index (χ2n) is 11.3. The average Bonchev–Trinajstić information content (AvgIpc) is 3.49. The minimum atomic E-state index is -4.22. The molecule has 3 N–H and O–H groups in total. The van der Waals surface area contributed by atoms with Gasteiger partial charge in [-0.2, -0.15) is 5.10 Å². The molecule has 0 saturated heterocycles. The van der Waals surface area contributed by atoms with E-state index in [2.05, 4.69) is 24.1 Å². The van der Waals surface area contributed by atoms with Gasteiger partial charge in [0.1, 0.15) is 10.7 Å². The fraction of sp³-hybridized carbons (Fsp3) is 0.258. The number of carbonyl (C=O) groups is 1. The first-order chi connectivity index (χ1) is 20.4. The molecule has 2 aromatic carbocycles. The molecule has 6 rings (SSSR count). The number of primary sulfonamides is 1. The Morgan fingerprint density at radius 1 is 1.23 bits per heavy atom. The lowest BCUT2D eigenvalue weighted by atomic mass is 9.74. The lowest BCUT2D eigenvalue weighted by molar-refractivity contribution is 0.0691. The van der Waals surface area contributed by atoms with Gasteiger partial charge in [0.25, 0.3) is 0 Å². The lowest BCUT2D eigenvalue weighted by Gasteiger charge is -2.30. The molecule has 1 saturated carbocycles. The molecule has 0 bridgehead atoms. The predicted molar refractivity (Wildman–Crippen MR) is 164 cm³/mol. The second-order valence-corrected chi connectivity index (χ2v) is 14.1. The number of carboxylic acids is 1. The highest BCUT2D eigenvalue weighted by Gasteiger charge is 2.37. The number of nitrogens with zero attached hydrogens (tertiary/aromatic N) is 3. The Hall–Kier alpha value is -3.64. The first kappa shape index (κ1) is 29.4. The van der Waals surface area contributed by atoms with Crippen LogP contribution in [-0.4, -0.2) is 34.3 Å². The number of allylic oxidation sites excluding steroid dienone is 4. The van der Waals surface area contributed by atoms with Gasteiger partial charge in [-0.1, -0.05) is 55.0 Å². The minimum Gasteiger partial charge on any atom is -0.476 e. The summed E-state index contributed by atoms with van der Waals surface area (Å²) in [5, 5.41) is 22.4. The summed E-state index contributed by atoms with van der Waals surface area (Å²) in [5.41, 5.74) is 4.58. The Morgan fingerprint density at radius 2 is 1.98 bits per heavy atom. The van der Waals surface area contributed by atoms with Gasteiger partial charge in [-0.15, -0.1) is 11.3 Å². The largest absolute Gasteiger partial charge is 0.476 e. The van der Waals surface area contributed by atoms with Crippen LogP contribution in [0.25, 0.3) is 10.7 Å². The van der Waals surface area contributed by atoms with E-state index in [-0.39, 0.29) is 12.1 Å². The average molecular weight is 639 g/mol. The van der Waals surface area contributed by atoms with Crippen molar-refractivity contribution in [1.29, 1.82) is 0 Å². The van der Waals surface area contributed by atoms with Crippen molar-refractivity contribution < 1.29 is 22.7 Å². The maximum absolute atomic E-state index is 14.9. The number of hydrogen-bond donors (Lipinski definition) is 2. The molecule has 2 aliphatic carbocycles. The highest BCUT2D eigenvalue weighted by Crippen LogP contribution is 2.43. The van der Waals surface area contributed by atoms with Crippen molar-refractivity contribution in [2.24, 2.45) is 11.1 Å². The van der Waals surface area contributed by atoms with E-state index in [1.165, 1.54) is 28.8 Å². The molecular formula is C31H28ClFN4O4S2. The molecule has 2 aromatic heterocycles. The van der Waals surface area contributed by atoms with Crippen molar-refractivity contribution in [3.63, 3.8) is 0 Å². The van der Waals surface area contributed by atoms with Crippen molar-refractivity contribution in [1.82, 2.24) is 14.8 Å². The molecule has 8 nitrogen and oxygen atoms in total. The molecule has 1 fully saturated rings. The number of aromatic carboxylic acids is 1. The predicted octanol–water partition coefficient (Wildman–Crippen LogP) is 6.31. The molecule has 0 amide bonds. The van der Waals surface area contributed by atoms with Gasteiger partial charge in [0.05, 0.1) is 11.4 Å². The Morgan fingerprint density at radius 3 is 2.60 bits per heavy atom. The Bertz CT molecular complexity index is 1910. The van der Waals surface area contributed by atoms with Crippen LogP contribution >= 0.6 is 22.9 Å². The molecule has 4 aromatic rings. The van der Waals surface area contributed by atoms with Crippen LogP contribution in [0, 0.1) is 11.7 Å². The minimum absolute atomic E-state index is 0.0617. The first-order valence-electron chi connectivity index (χ1n) is 13.7. The van der Waals surface area contributed by atoms with E-state index in [1.807, 2.05) is 30.3 Å². The molecule has 2 heterocycles. The number of thiazole rings is 1. The maximum atomic E-state index is 14.9. The van der Waals surface area contributed by atoms with Crippen LogP contribution in [-0.2, 0) is 28.3 Å². The van der Waals surface area contributed by atoms with Gasteiger partial charge < -0.3 is 5.11 Å². The molecule has 2 aliphatic rings. The first-order valence-corrected chi connectivity index (χ1v) is 16.5. The molecule has 12 heteroatoms. The zero-order valence-corrected chi connectivity index (χ0v) is 25.5. The van der Waals surface area contributed by atoms with Gasteiger partial charge in [-0.05, 0) is 72.6 Å². The van der Waals surface area contributed by atoms with Gasteiger partial charge in [-0.3, -0.25) is 0 Å². The van der Waals surface area contributed by atoms with Gasteiger partial charge in [0.2, 0.25) is 15.2 Å². The summed E-state index contributed by atoms with van der Waals surface area (Å²) in [6, 6.07) is 11.6. The molecule has 0 radical (unpaired) electrons. The number of halogens is 2. The van der Waals surface area contributed by atoms with Crippen molar-refractivity contribution in [2.75, 3.05) is 0 Å². The number of nitrogens with two attached hydrogens (primary N) is 1. The van der Waals surface area contributed by atoms with Crippen LogP contribution in [0.4, 0.5) is 4.39 Å². The summed E-state index contributed by atoms with van der Waals surface area (Å²) in [7, 11) is -4.22. The number of sulfonamides is 1. The van der Waals surface area contributed by atoms with Crippen molar-refractivity contribution >= 4 is 44.5 Å². The molecule has 1 atom stereocenters. The van der Waals surface area contributed by atoms with Crippen LogP contribution in [0.1, 0.15) is 64.8 Å². The van der Waals surface area contributed by atoms with E-state index in [0.29, 0.717) is 34.5 Å². The Kier molecular flexibility index (Phi) is 7.62. The van der Waals surface area contributed by atoms with Gasteiger partial charge in [0, 0.05) is 27.8 Å². The molecule has 0 spiro atoms. The zero-order chi connectivity index (χ0) is 30.5. The molecule has 43 heavy (non-hydrogen) atoms. The molecule has 0 aliphatic heterocycles. The maximum Gasteiger partial charge on any atom is 0.355 e. The van der Waals surface area contributed by atoms with Crippen molar-refractivity contribution in [2.45, 2.75) is 49.3 Å². The van der Waals surface area contributed by atoms with Crippen LogP contribution in [0.5, 0.6) is 0 Å². The van der Waals surface area contributed by atoms with E-state index in [9.17, 15) is 22.7 Å². The van der Waals surface area contributed by atoms with E-state index >= 15 is 0 Å². The fourth-order valence-electron chi connectivity index (χ4n) is 5.56. The van der Waals surface area contributed by atoms with E-state index < -0.39 is 32.1 Å². The number of benzene rings is 2. The number of rotatable bonds is 9. The summed E-state index contributed by atoms with van der Waals surface area (Å²) in [6.07, 6.45) is 9.89. The molecule has 1 unspecified atom stereocenters. The highest BCUT2D eigenvalue weighted by molar-refractivity contribution is 7.89. The smallest absolute Gasteiger partial charge is 0.355 e. The highest BCUT2D eigenvalue weighted by atomic mass is 35.5. The zero-order valence-electron chi connectivity index (χ0n) is 23.1. The summed E-state index contributed by atoms with van der Waals surface area (Å²) >= 11 is 7.34. The van der Waals surface area contributed by atoms with Crippen LogP contribution in [0.15, 0.2) is 71.0 Å². The van der Waals surface area contributed by atoms with E-state index in [4.69, 9.17) is 21.8 Å². The molecule has 222 valence electrons. The SMILES string of the molecule is CC1(c2nn(-c3nc(C(=O)O)cs3)c(CC3CC3)c2Cc2ccc(S(N)(=O)=O)c(F)c2)C=CC=C(c2ccc(Cl)cc2)C1. The summed E-state index contributed by atoms with van der Waals surface area (Å²) in [4.78, 5) is 15.5. The topological polar surface area (TPSA) is 128 Å². The van der Waals surface area contributed by atoms with Gasteiger partial charge in [0.15, 0.2) is 5.69 Å². The van der Waals surface area contributed by atoms with Crippen molar-refractivity contribution in [3.05, 3.63) is 111 Å². The number of aromatic nitrogens is 3. The molecular weight excluding hydrogens is 611 g/mol. The van der Waals surface area contributed by atoms with Crippen LogP contribution in [0.3, 0.4) is 0 Å². The van der Waals surface area contributed by atoms with Crippen LogP contribution < -0.4 is 5.14 Å². The Balaban J connectivity index is 1.49. The fourth-order valence-corrected chi connectivity index (χ4v) is 7.04. The summed E-state index contributed by atoms with van der Waals surface area (Å²) < 4.78 is 40.4. The number of hydrogen-bond acceptors (Lipinski definition) is 6. The normalized spacial score (nSPS) is 18.6. The second kappa shape index (κ2) is 11.1. The third kappa shape index (κ3) is 6.08. The summed E-state index contributed by atoms with van der Waals surface area (Å²) in [6.45, 7) is 2.10. The van der Waals surface area contributed by atoms with E-state index in [0.717, 1.165) is 40.9 Å². The quantitative estimate of drug-likeness (QED) is 0.221. The Labute approximate surface area is 257 Å². The standard InChI is InChI=1S/C31H28ClFN4O4S2/c1-31(12-2-3-21(16-31)20-7-9-22(32)10-8-20)28-23(13-19-6-11-27(24(33)14-19)43(34,40)41)26(15-18-4-5-18)37(36-28)30-35-25(17-42-30)29(38)39/h2-3,6-12,14,17-18H,4-5,13,15-16H2,1H3,(H,38,39)(H2,34,40,41). The number of carboxylic acid groups (broad SMARTS) is 1.